The molecule has 0 spiro atoms. The van der Waals surface area contributed by atoms with Gasteiger partial charge >= 0.3 is 0 Å². The lowest BCUT2D eigenvalue weighted by Crippen LogP contribution is -2.35. The van der Waals surface area contributed by atoms with Crippen LogP contribution in [0.1, 0.15) is 24.1 Å². The molecule has 1 aliphatic rings. The van der Waals surface area contributed by atoms with Crippen LogP contribution in [-0.2, 0) is 4.74 Å². The Bertz CT molecular complexity index is 661. The molecule has 0 aromatic heterocycles. The zero-order valence-electron chi connectivity index (χ0n) is 13.6. The monoisotopic (exact) mass is 314 g/mol. The number of methoxy groups -OCH3 is 1. The predicted molar refractivity (Wildman–Crippen MR) is 91.4 cm³/mol. The summed E-state index contributed by atoms with van der Waals surface area (Å²) in [5, 5.41) is 3.49. The summed E-state index contributed by atoms with van der Waals surface area (Å²) in [6.45, 7) is 4.55. The lowest BCUT2D eigenvalue weighted by atomic mass is 9.96. The van der Waals surface area contributed by atoms with E-state index >= 15 is 0 Å². The Morgan fingerprint density at radius 2 is 1.87 bits per heavy atom. The van der Waals surface area contributed by atoms with Gasteiger partial charge in [-0.1, -0.05) is 36.4 Å². The molecule has 2 aromatic rings. The molecule has 0 bridgehead atoms. The van der Waals surface area contributed by atoms with E-state index in [9.17, 15) is 4.39 Å². The Morgan fingerprint density at radius 1 is 1.17 bits per heavy atom. The summed E-state index contributed by atoms with van der Waals surface area (Å²) in [6, 6.07) is 15.1. The van der Waals surface area contributed by atoms with Gasteiger partial charge < -0.3 is 15.0 Å². The van der Waals surface area contributed by atoms with Crippen molar-refractivity contribution in [3.05, 3.63) is 65.5 Å². The van der Waals surface area contributed by atoms with Crippen LogP contribution < -0.4 is 10.2 Å². The fraction of sp³-hybridized carbons (Fsp3) is 0.368. The zero-order valence-corrected chi connectivity index (χ0v) is 13.6. The maximum absolute atomic E-state index is 14.3. The largest absolute Gasteiger partial charge is 0.380 e. The van der Waals surface area contributed by atoms with E-state index in [1.807, 2.05) is 24.3 Å². The van der Waals surface area contributed by atoms with E-state index in [1.165, 1.54) is 6.07 Å². The molecule has 0 fully saturated rings. The number of nitrogens with zero attached hydrogens (tertiary/aromatic N) is 1. The highest BCUT2D eigenvalue weighted by Crippen LogP contribution is 2.33. The van der Waals surface area contributed by atoms with E-state index in [-0.39, 0.29) is 18.0 Å². The molecule has 23 heavy (non-hydrogen) atoms. The van der Waals surface area contributed by atoms with E-state index in [0.717, 1.165) is 30.9 Å². The second-order valence-corrected chi connectivity index (χ2v) is 5.96. The Kier molecular flexibility index (Phi) is 4.94. The number of rotatable bonds is 4. The van der Waals surface area contributed by atoms with Crippen LogP contribution >= 0.6 is 0 Å². The SMILES string of the molecule is COC(C)CN1CCNC(c2ccccc2F)c2ccccc21. The van der Waals surface area contributed by atoms with Crippen LogP contribution in [0, 0.1) is 5.82 Å². The van der Waals surface area contributed by atoms with Gasteiger partial charge in [0.1, 0.15) is 5.82 Å². The van der Waals surface area contributed by atoms with Crippen LogP contribution in [0.3, 0.4) is 0 Å². The maximum Gasteiger partial charge on any atom is 0.128 e. The van der Waals surface area contributed by atoms with Crippen LogP contribution in [0.15, 0.2) is 48.5 Å². The summed E-state index contributed by atoms with van der Waals surface area (Å²) < 4.78 is 19.7. The molecule has 2 aromatic carbocycles. The summed E-state index contributed by atoms with van der Waals surface area (Å²) in [4.78, 5) is 2.32. The molecular weight excluding hydrogens is 291 g/mol. The summed E-state index contributed by atoms with van der Waals surface area (Å²) in [5.41, 5.74) is 2.95. The van der Waals surface area contributed by atoms with Crippen LogP contribution in [0.2, 0.25) is 0 Å². The molecule has 0 saturated heterocycles. The first kappa shape index (κ1) is 16.0. The van der Waals surface area contributed by atoms with Crippen molar-refractivity contribution in [1.29, 1.82) is 0 Å². The number of hydrogen-bond donors (Lipinski definition) is 1. The van der Waals surface area contributed by atoms with E-state index in [1.54, 1.807) is 13.2 Å². The average molecular weight is 314 g/mol. The topological polar surface area (TPSA) is 24.5 Å². The van der Waals surface area contributed by atoms with Crippen molar-refractivity contribution in [1.82, 2.24) is 5.32 Å². The highest BCUT2D eigenvalue weighted by atomic mass is 19.1. The number of ether oxygens (including phenoxy) is 1. The molecule has 0 aliphatic carbocycles. The average Bonchev–Trinajstić information content (AvgIpc) is 2.75. The first-order chi connectivity index (χ1) is 11.2. The summed E-state index contributed by atoms with van der Waals surface area (Å²) >= 11 is 0. The first-order valence-electron chi connectivity index (χ1n) is 8.05. The van der Waals surface area contributed by atoms with Crippen molar-refractivity contribution >= 4 is 5.69 Å². The fourth-order valence-electron chi connectivity index (χ4n) is 3.16. The van der Waals surface area contributed by atoms with Gasteiger partial charge in [0.05, 0.1) is 12.1 Å². The number of hydrogen-bond acceptors (Lipinski definition) is 3. The van der Waals surface area contributed by atoms with Crippen molar-refractivity contribution in [2.75, 3.05) is 31.6 Å². The van der Waals surface area contributed by atoms with E-state index < -0.39 is 0 Å². The third-order valence-corrected chi connectivity index (χ3v) is 4.41. The van der Waals surface area contributed by atoms with Gasteiger partial charge in [-0.2, -0.15) is 0 Å². The van der Waals surface area contributed by atoms with Crippen molar-refractivity contribution < 1.29 is 9.13 Å². The molecule has 3 nitrogen and oxygen atoms in total. The lowest BCUT2D eigenvalue weighted by Gasteiger charge is -2.27. The Morgan fingerprint density at radius 3 is 2.61 bits per heavy atom. The van der Waals surface area contributed by atoms with Crippen molar-refractivity contribution in [2.45, 2.75) is 19.1 Å². The van der Waals surface area contributed by atoms with Gasteiger partial charge in [0.25, 0.3) is 0 Å². The molecule has 3 rings (SSSR count). The Hall–Kier alpha value is -1.91. The van der Waals surface area contributed by atoms with Crippen molar-refractivity contribution in [3.8, 4) is 0 Å². The number of benzene rings is 2. The minimum absolute atomic E-state index is 0.129. The van der Waals surface area contributed by atoms with Gasteiger partial charge in [-0.3, -0.25) is 0 Å². The molecule has 0 radical (unpaired) electrons. The van der Waals surface area contributed by atoms with Gasteiger partial charge in [0, 0.05) is 38.0 Å². The molecular formula is C19H23FN2O. The van der Waals surface area contributed by atoms with E-state index in [2.05, 4.69) is 29.3 Å². The highest BCUT2D eigenvalue weighted by Gasteiger charge is 2.25. The smallest absolute Gasteiger partial charge is 0.128 e. The Labute approximate surface area is 137 Å². The van der Waals surface area contributed by atoms with Crippen LogP contribution in [0.5, 0.6) is 0 Å². The number of para-hydroxylation sites is 1. The molecule has 2 atom stereocenters. The third-order valence-electron chi connectivity index (χ3n) is 4.41. The minimum atomic E-state index is -0.168. The second kappa shape index (κ2) is 7.11. The third kappa shape index (κ3) is 3.38. The molecule has 1 heterocycles. The zero-order chi connectivity index (χ0) is 16.2. The molecule has 1 N–H and O–H groups in total. The predicted octanol–water partition coefficient (Wildman–Crippen LogP) is 3.36. The molecule has 0 amide bonds. The van der Waals surface area contributed by atoms with Gasteiger partial charge in [0.15, 0.2) is 0 Å². The van der Waals surface area contributed by atoms with Crippen LogP contribution in [-0.4, -0.2) is 32.8 Å². The number of halogens is 1. The second-order valence-electron chi connectivity index (χ2n) is 5.96. The number of fused-ring (bicyclic) bond motifs is 1. The van der Waals surface area contributed by atoms with Crippen LogP contribution in [0.4, 0.5) is 10.1 Å². The maximum atomic E-state index is 14.3. The first-order valence-corrected chi connectivity index (χ1v) is 8.05. The summed E-state index contributed by atoms with van der Waals surface area (Å²) in [7, 11) is 1.73. The van der Waals surface area contributed by atoms with Crippen molar-refractivity contribution in [2.24, 2.45) is 0 Å². The van der Waals surface area contributed by atoms with E-state index in [4.69, 9.17) is 4.74 Å². The lowest BCUT2D eigenvalue weighted by molar-refractivity contribution is 0.123. The summed E-state index contributed by atoms with van der Waals surface area (Å²) in [6.07, 6.45) is 0.146. The molecule has 1 aliphatic heterocycles. The Balaban J connectivity index is 2.00. The quantitative estimate of drug-likeness (QED) is 0.936. The fourth-order valence-corrected chi connectivity index (χ4v) is 3.16. The van der Waals surface area contributed by atoms with Gasteiger partial charge in [-0.15, -0.1) is 0 Å². The van der Waals surface area contributed by atoms with E-state index in [0.29, 0.717) is 5.56 Å². The van der Waals surface area contributed by atoms with Gasteiger partial charge in [-0.05, 0) is 24.6 Å². The molecule has 4 heteroatoms. The molecule has 0 saturated carbocycles. The normalized spacial score (nSPS) is 19.1. The number of anilines is 1. The van der Waals surface area contributed by atoms with Crippen LogP contribution in [0.25, 0.3) is 0 Å². The molecule has 122 valence electrons. The summed E-state index contributed by atoms with van der Waals surface area (Å²) in [5.74, 6) is -0.168. The minimum Gasteiger partial charge on any atom is -0.380 e. The van der Waals surface area contributed by atoms with Crippen molar-refractivity contribution in [3.63, 3.8) is 0 Å². The standard InChI is InChI=1S/C19H23FN2O/c1-14(23-2)13-22-12-11-21-19(15-7-3-5-9-17(15)20)16-8-4-6-10-18(16)22/h3-10,14,19,21H,11-13H2,1-2H3. The van der Waals surface area contributed by atoms with Gasteiger partial charge in [0.2, 0.25) is 0 Å². The highest BCUT2D eigenvalue weighted by molar-refractivity contribution is 5.58. The number of nitrogens with one attached hydrogen (secondary N) is 1. The van der Waals surface area contributed by atoms with Gasteiger partial charge in [-0.25, -0.2) is 4.39 Å². The molecule has 2 unspecified atom stereocenters.